The molecular formula is C26H30ClFN4O3S. The first-order chi connectivity index (χ1) is 17.3. The van der Waals surface area contributed by atoms with Gasteiger partial charge in [0.25, 0.3) is 0 Å². The fraction of sp³-hybridized carbons (Fsp3) is 0.423. The number of hydrogen-bond donors (Lipinski definition) is 1. The summed E-state index contributed by atoms with van der Waals surface area (Å²) in [7, 11) is -2.05. The molecule has 1 saturated heterocycles. The molecule has 192 valence electrons. The zero-order valence-corrected chi connectivity index (χ0v) is 21.7. The van der Waals surface area contributed by atoms with Gasteiger partial charge in [0, 0.05) is 31.4 Å². The molecule has 0 bridgehead atoms. The molecule has 1 aliphatic heterocycles. The van der Waals surface area contributed by atoms with Crippen LogP contribution in [0.5, 0.6) is 5.75 Å². The van der Waals surface area contributed by atoms with E-state index in [2.05, 4.69) is 20.8 Å². The maximum Gasteiger partial charge on any atom is 0.243 e. The van der Waals surface area contributed by atoms with Gasteiger partial charge in [0.2, 0.25) is 10.0 Å². The van der Waals surface area contributed by atoms with E-state index >= 15 is 0 Å². The van der Waals surface area contributed by atoms with E-state index in [0.29, 0.717) is 10.9 Å². The molecule has 3 aromatic rings. The van der Waals surface area contributed by atoms with Gasteiger partial charge < -0.3 is 9.64 Å². The van der Waals surface area contributed by atoms with Gasteiger partial charge in [0.15, 0.2) is 11.6 Å². The Morgan fingerprint density at radius 1 is 1.25 bits per heavy atom. The van der Waals surface area contributed by atoms with Crippen molar-refractivity contribution >= 4 is 21.6 Å². The molecule has 1 aromatic heterocycles. The number of benzene rings is 2. The second-order valence-electron chi connectivity index (χ2n) is 9.64. The van der Waals surface area contributed by atoms with Gasteiger partial charge >= 0.3 is 0 Å². The number of hydrogen-bond acceptors (Lipinski definition) is 5. The predicted octanol–water partition coefficient (Wildman–Crippen LogP) is 3.77. The van der Waals surface area contributed by atoms with Crippen molar-refractivity contribution in [1.82, 2.24) is 19.4 Å². The van der Waals surface area contributed by atoms with Gasteiger partial charge in [-0.15, -0.1) is 0 Å². The van der Waals surface area contributed by atoms with Crippen LogP contribution in [0.25, 0.3) is 0 Å². The highest BCUT2D eigenvalue weighted by Crippen LogP contribution is 2.43. The average molecular weight is 533 g/mol. The SMILES string of the molecule is Cn1cc(S(=O)(=O)NCCOc2cc3c(cc2F)CC(CN2CCC2)C3Cc2cccc(Cl)c2)cn1. The van der Waals surface area contributed by atoms with Gasteiger partial charge in [-0.2, -0.15) is 5.10 Å². The van der Waals surface area contributed by atoms with E-state index < -0.39 is 15.8 Å². The molecule has 7 nitrogen and oxygen atoms in total. The van der Waals surface area contributed by atoms with Crippen molar-refractivity contribution < 1.29 is 17.5 Å². The summed E-state index contributed by atoms with van der Waals surface area (Å²) < 4.78 is 49.3. The quantitative estimate of drug-likeness (QED) is 0.402. The lowest BCUT2D eigenvalue weighted by Crippen LogP contribution is -2.41. The Kier molecular flexibility index (Phi) is 7.35. The van der Waals surface area contributed by atoms with Crippen LogP contribution in [0.15, 0.2) is 53.7 Å². The van der Waals surface area contributed by atoms with Crippen molar-refractivity contribution in [2.45, 2.75) is 30.1 Å². The maximum absolute atomic E-state index is 14.9. The molecule has 2 aliphatic rings. The largest absolute Gasteiger partial charge is 0.489 e. The van der Waals surface area contributed by atoms with Crippen LogP contribution in [0, 0.1) is 11.7 Å². The zero-order chi connectivity index (χ0) is 25.3. The molecule has 1 fully saturated rings. The Balaban J connectivity index is 1.29. The Morgan fingerprint density at radius 2 is 2.08 bits per heavy atom. The summed E-state index contributed by atoms with van der Waals surface area (Å²) in [4.78, 5) is 2.54. The summed E-state index contributed by atoms with van der Waals surface area (Å²) in [6, 6.07) is 11.3. The van der Waals surface area contributed by atoms with Gasteiger partial charge in [-0.25, -0.2) is 17.5 Å². The topological polar surface area (TPSA) is 76.5 Å². The number of likely N-dealkylation sites (tertiary alicyclic amines) is 1. The second-order valence-corrected chi connectivity index (χ2v) is 11.8. The third kappa shape index (κ3) is 5.59. The number of sulfonamides is 1. The minimum Gasteiger partial charge on any atom is -0.489 e. The average Bonchev–Trinajstić information content (AvgIpc) is 3.38. The van der Waals surface area contributed by atoms with Gasteiger partial charge in [-0.05, 0) is 85.1 Å². The Labute approximate surface area is 216 Å². The second kappa shape index (κ2) is 10.5. The van der Waals surface area contributed by atoms with Crippen LogP contribution < -0.4 is 9.46 Å². The Morgan fingerprint density at radius 3 is 2.78 bits per heavy atom. The van der Waals surface area contributed by atoms with Crippen LogP contribution in [0.1, 0.15) is 29.0 Å². The summed E-state index contributed by atoms with van der Waals surface area (Å²) in [6.07, 6.45) is 5.58. The molecule has 0 saturated carbocycles. The number of aryl methyl sites for hydroxylation is 1. The first kappa shape index (κ1) is 25.2. The van der Waals surface area contributed by atoms with E-state index in [0.717, 1.165) is 49.2 Å². The van der Waals surface area contributed by atoms with Gasteiger partial charge in [-0.3, -0.25) is 4.68 Å². The van der Waals surface area contributed by atoms with Crippen molar-refractivity contribution in [3.63, 3.8) is 0 Å². The summed E-state index contributed by atoms with van der Waals surface area (Å²) in [5, 5.41) is 4.59. The van der Waals surface area contributed by atoms with E-state index in [4.69, 9.17) is 16.3 Å². The van der Waals surface area contributed by atoms with Gasteiger partial charge in [0.1, 0.15) is 11.5 Å². The van der Waals surface area contributed by atoms with Crippen LogP contribution in [-0.4, -0.2) is 55.9 Å². The third-order valence-corrected chi connectivity index (χ3v) is 8.72. The number of fused-ring (bicyclic) bond motifs is 1. The normalized spacial score (nSPS) is 19.8. The minimum atomic E-state index is -3.70. The van der Waals surface area contributed by atoms with Crippen LogP contribution in [0.4, 0.5) is 4.39 Å². The maximum atomic E-state index is 14.9. The fourth-order valence-electron chi connectivity index (χ4n) is 5.16. The van der Waals surface area contributed by atoms with Crippen molar-refractivity contribution in [3.05, 3.63) is 76.3 Å². The summed E-state index contributed by atoms with van der Waals surface area (Å²) in [5.41, 5.74) is 3.29. The lowest BCUT2D eigenvalue weighted by molar-refractivity contribution is 0.145. The van der Waals surface area contributed by atoms with Crippen molar-refractivity contribution in [1.29, 1.82) is 0 Å². The first-order valence-corrected chi connectivity index (χ1v) is 14.0. The number of ether oxygens (including phenoxy) is 1. The number of aromatic nitrogens is 2. The van der Waals surface area contributed by atoms with E-state index in [9.17, 15) is 12.8 Å². The van der Waals surface area contributed by atoms with Crippen LogP contribution in [0.2, 0.25) is 5.02 Å². The van der Waals surface area contributed by atoms with Crippen LogP contribution >= 0.6 is 11.6 Å². The number of nitrogens with one attached hydrogen (secondary N) is 1. The molecule has 0 radical (unpaired) electrons. The lowest BCUT2D eigenvalue weighted by Gasteiger charge is -2.35. The van der Waals surface area contributed by atoms with Gasteiger partial charge in [-0.1, -0.05) is 23.7 Å². The summed E-state index contributed by atoms with van der Waals surface area (Å²) in [5.74, 6) is 0.344. The first-order valence-electron chi connectivity index (χ1n) is 12.2. The Bertz CT molecular complexity index is 1340. The van der Waals surface area contributed by atoms with E-state index in [-0.39, 0.29) is 29.7 Å². The molecule has 5 rings (SSSR count). The van der Waals surface area contributed by atoms with E-state index in [1.54, 1.807) is 13.1 Å². The van der Waals surface area contributed by atoms with Gasteiger partial charge in [0.05, 0.1) is 6.20 Å². The molecule has 2 heterocycles. The van der Waals surface area contributed by atoms with E-state index in [1.165, 1.54) is 23.5 Å². The van der Waals surface area contributed by atoms with Crippen LogP contribution in [0.3, 0.4) is 0 Å². The monoisotopic (exact) mass is 532 g/mol. The van der Waals surface area contributed by atoms with Crippen molar-refractivity contribution in [2.24, 2.45) is 13.0 Å². The smallest absolute Gasteiger partial charge is 0.243 e. The Hall–Kier alpha value is -2.46. The van der Waals surface area contributed by atoms with E-state index in [1.807, 2.05) is 24.3 Å². The molecule has 0 spiro atoms. The van der Waals surface area contributed by atoms with Crippen molar-refractivity contribution in [2.75, 3.05) is 32.8 Å². The summed E-state index contributed by atoms with van der Waals surface area (Å²) >= 11 is 6.24. The predicted molar refractivity (Wildman–Crippen MR) is 136 cm³/mol. The standard InChI is InChI=1S/C26H30ClFN4O3S/c1-31-17-22(15-29-31)36(33,34)30-6-9-35-26-14-24-19(13-25(26)28)12-20(16-32-7-3-8-32)23(24)11-18-4-2-5-21(27)10-18/h2,4-5,10,13-15,17,20,23,30H,3,6-9,11-12,16H2,1H3. The molecule has 10 heteroatoms. The molecule has 1 N–H and O–H groups in total. The lowest BCUT2D eigenvalue weighted by atomic mass is 9.86. The highest BCUT2D eigenvalue weighted by molar-refractivity contribution is 7.89. The summed E-state index contributed by atoms with van der Waals surface area (Å²) in [6.45, 7) is 3.25. The number of rotatable bonds is 10. The fourth-order valence-corrected chi connectivity index (χ4v) is 6.37. The molecule has 2 unspecified atom stereocenters. The third-order valence-electron chi connectivity index (χ3n) is 7.07. The van der Waals surface area contributed by atoms with Crippen molar-refractivity contribution in [3.8, 4) is 5.75 Å². The highest BCUT2D eigenvalue weighted by Gasteiger charge is 2.35. The van der Waals surface area contributed by atoms with Crippen LogP contribution in [-0.2, 0) is 29.9 Å². The molecule has 1 aliphatic carbocycles. The molecular weight excluding hydrogens is 503 g/mol. The minimum absolute atomic E-state index is 0.00532. The molecule has 0 amide bonds. The highest BCUT2D eigenvalue weighted by atomic mass is 35.5. The number of halogens is 2. The molecule has 2 aromatic carbocycles. The molecule has 36 heavy (non-hydrogen) atoms. The zero-order valence-electron chi connectivity index (χ0n) is 20.2. The molecule has 2 atom stereocenters. The number of nitrogens with zero attached hydrogens (tertiary/aromatic N) is 3.